The summed E-state index contributed by atoms with van der Waals surface area (Å²) in [6, 6.07) is 20.2. The highest BCUT2D eigenvalue weighted by molar-refractivity contribution is 7.91. The van der Waals surface area contributed by atoms with Crippen LogP contribution in [0.15, 0.2) is 95.9 Å². The van der Waals surface area contributed by atoms with Crippen LogP contribution in [-0.2, 0) is 15.0 Å². The first-order valence-corrected chi connectivity index (χ1v) is 13.7. The monoisotopic (exact) mass is 563 g/mol. The van der Waals surface area contributed by atoms with Crippen LogP contribution in [0.4, 0.5) is 16.2 Å². The summed E-state index contributed by atoms with van der Waals surface area (Å²) < 4.78 is 40.0. The van der Waals surface area contributed by atoms with Gasteiger partial charge in [0.25, 0.3) is 0 Å². The third-order valence-electron chi connectivity index (χ3n) is 6.25. The Bertz CT molecular complexity index is 1530. The molecule has 3 amide bonds. The molecule has 1 heterocycles. The van der Waals surface area contributed by atoms with Crippen LogP contribution in [0.1, 0.15) is 18.4 Å². The van der Waals surface area contributed by atoms with E-state index in [1.165, 1.54) is 29.6 Å². The molecule has 4 aromatic rings. The Morgan fingerprint density at radius 3 is 2.25 bits per heavy atom. The molecular weight excluding hydrogens is 534 g/mol. The number of ether oxygens (including phenoxy) is 1. The van der Waals surface area contributed by atoms with Gasteiger partial charge in [-0.15, -0.1) is 0 Å². The van der Waals surface area contributed by atoms with Crippen LogP contribution in [0.25, 0.3) is 11.3 Å². The van der Waals surface area contributed by atoms with Crippen molar-refractivity contribution in [3.05, 3.63) is 97.0 Å². The summed E-state index contributed by atoms with van der Waals surface area (Å²) in [6.45, 7) is 1.78. The van der Waals surface area contributed by atoms with Gasteiger partial charge in [0.15, 0.2) is 12.2 Å². The number of methoxy groups -OCH3 is 1. The lowest BCUT2D eigenvalue weighted by molar-refractivity contribution is -0.120. The van der Waals surface area contributed by atoms with E-state index in [1.54, 1.807) is 57.5 Å². The molecule has 4 rings (SSSR count). The molecule has 1 aromatic heterocycles. The number of aromatic nitrogens is 1. The fraction of sp³-hybridized carbons (Fsp3) is 0.179. The normalized spacial score (nSPS) is 12.6. The fourth-order valence-corrected chi connectivity index (χ4v) is 4.83. The van der Waals surface area contributed by atoms with Crippen LogP contribution < -0.4 is 24.4 Å². The number of likely N-dealkylation sites (N-methyl/N-ethyl adjacent to an activating group) is 1. The number of benzene rings is 3. The van der Waals surface area contributed by atoms with Crippen molar-refractivity contribution in [2.75, 3.05) is 23.8 Å². The highest BCUT2D eigenvalue weighted by Gasteiger charge is 2.32. The molecule has 3 aromatic carbocycles. The number of nitrogens with zero attached hydrogens (tertiary/aromatic N) is 2. The van der Waals surface area contributed by atoms with Crippen molar-refractivity contribution in [3.63, 3.8) is 0 Å². The number of carbonyl (C=O) groups is 2. The van der Waals surface area contributed by atoms with Crippen LogP contribution in [0.2, 0.25) is 0 Å². The van der Waals surface area contributed by atoms with Gasteiger partial charge < -0.3 is 19.4 Å². The van der Waals surface area contributed by atoms with E-state index in [0.29, 0.717) is 22.8 Å². The zero-order valence-electron chi connectivity index (χ0n) is 22.1. The molecule has 0 radical (unpaired) electrons. The zero-order valence-corrected chi connectivity index (χ0v) is 22.9. The molecule has 0 unspecified atom stereocenters. The molecule has 0 aliphatic rings. The number of oxazole rings is 1. The highest BCUT2D eigenvalue weighted by atomic mass is 32.2. The number of urea groups is 1. The molecule has 0 spiro atoms. The second-order valence-corrected chi connectivity index (χ2v) is 10.3. The van der Waals surface area contributed by atoms with Crippen molar-refractivity contribution in [1.29, 1.82) is 0 Å². The van der Waals surface area contributed by atoms with Crippen molar-refractivity contribution in [3.8, 4) is 17.1 Å². The van der Waals surface area contributed by atoms with Crippen molar-refractivity contribution < 1.29 is 27.2 Å². The van der Waals surface area contributed by atoms with E-state index < -0.39 is 34.1 Å². The maximum atomic E-state index is 13.6. The van der Waals surface area contributed by atoms with Crippen molar-refractivity contribution >= 4 is 33.5 Å². The molecule has 40 heavy (non-hydrogen) atoms. The Morgan fingerprint density at radius 2 is 1.65 bits per heavy atom. The van der Waals surface area contributed by atoms with E-state index in [9.17, 15) is 18.0 Å². The Hall–Kier alpha value is -4.84. The van der Waals surface area contributed by atoms with Crippen LogP contribution in [-0.4, -0.2) is 45.5 Å². The number of rotatable bonds is 10. The van der Waals surface area contributed by atoms with Crippen LogP contribution in [0.5, 0.6) is 5.75 Å². The lowest BCUT2D eigenvalue weighted by Gasteiger charge is -2.29. The molecule has 0 saturated heterocycles. The molecule has 0 aliphatic heterocycles. The molecule has 2 atom stereocenters. The predicted molar refractivity (Wildman–Crippen MR) is 151 cm³/mol. The van der Waals surface area contributed by atoms with E-state index >= 15 is 0 Å². The minimum Gasteiger partial charge on any atom is -0.497 e. The number of amides is 3. The SMILES string of the molecule is COc1ccc(N(C)C(=O)[C@@H](NC(=O)NS(=O)(=O)Nc2ccc(-c3cnco3)cc2)[C@H](C)c2ccccc2)cc1. The Morgan fingerprint density at radius 1 is 0.975 bits per heavy atom. The van der Waals surface area contributed by atoms with E-state index in [2.05, 4.69) is 15.0 Å². The molecule has 0 aliphatic carbocycles. The van der Waals surface area contributed by atoms with Gasteiger partial charge in [-0.1, -0.05) is 37.3 Å². The van der Waals surface area contributed by atoms with Crippen molar-refractivity contribution in [2.45, 2.75) is 18.9 Å². The molecule has 0 fully saturated rings. The van der Waals surface area contributed by atoms with E-state index in [0.717, 1.165) is 5.56 Å². The maximum Gasteiger partial charge on any atom is 0.330 e. The van der Waals surface area contributed by atoms with Gasteiger partial charge in [-0.25, -0.2) is 14.5 Å². The first kappa shape index (κ1) is 28.2. The lowest BCUT2D eigenvalue weighted by atomic mass is 9.92. The van der Waals surface area contributed by atoms with Crippen LogP contribution >= 0.6 is 0 Å². The second-order valence-electron chi connectivity index (χ2n) is 8.90. The first-order valence-electron chi connectivity index (χ1n) is 12.2. The van der Waals surface area contributed by atoms with Gasteiger partial charge in [-0.05, 0) is 54.1 Å². The number of nitrogens with one attached hydrogen (secondary N) is 3. The Kier molecular flexibility index (Phi) is 8.70. The van der Waals surface area contributed by atoms with Gasteiger partial charge >= 0.3 is 16.2 Å². The number of anilines is 2. The predicted octanol–water partition coefficient (Wildman–Crippen LogP) is 4.14. The van der Waals surface area contributed by atoms with Gasteiger partial charge in [0.2, 0.25) is 5.91 Å². The topological polar surface area (TPSA) is 143 Å². The summed E-state index contributed by atoms with van der Waals surface area (Å²) in [5.74, 6) is 0.223. The highest BCUT2D eigenvalue weighted by Crippen LogP contribution is 2.24. The van der Waals surface area contributed by atoms with Crippen molar-refractivity contribution in [2.24, 2.45) is 0 Å². The molecule has 0 saturated carbocycles. The summed E-state index contributed by atoms with van der Waals surface area (Å²) in [5.41, 5.74) is 2.27. The van der Waals surface area contributed by atoms with Gasteiger partial charge in [0.05, 0.1) is 19.0 Å². The summed E-state index contributed by atoms with van der Waals surface area (Å²) in [5, 5.41) is 2.55. The molecule has 0 bridgehead atoms. The largest absolute Gasteiger partial charge is 0.497 e. The van der Waals surface area contributed by atoms with Crippen LogP contribution in [0, 0.1) is 0 Å². The van der Waals surface area contributed by atoms with Gasteiger partial charge in [0, 0.05) is 24.2 Å². The third kappa shape index (κ3) is 6.97. The molecule has 3 N–H and O–H groups in total. The number of hydrogen-bond donors (Lipinski definition) is 3. The van der Waals surface area contributed by atoms with Crippen molar-refractivity contribution in [1.82, 2.24) is 15.0 Å². The Labute approximate surface area is 232 Å². The Balaban J connectivity index is 1.48. The zero-order chi connectivity index (χ0) is 28.7. The quantitative estimate of drug-likeness (QED) is 0.263. The standard InChI is InChI=1S/C28H29N5O6S/c1-19(20-7-5-4-6-8-20)26(27(34)33(2)23-13-15-24(38-3)16-14-23)30-28(35)32-40(36,37)31-22-11-9-21(10-12-22)25-17-29-18-39-25/h4-19,26,31H,1-3H3,(H2,30,32,35)/t19-,26+/m1/s1. The third-order valence-corrected chi connectivity index (χ3v) is 7.21. The van der Waals surface area contributed by atoms with E-state index in [-0.39, 0.29) is 5.69 Å². The summed E-state index contributed by atoms with van der Waals surface area (Å²) in [6.07, 6.45) is 2.82. The average molecular weight is 564 g/mol. The molecular formula is C28H29N5O6S. The molecule has 12 heteroatoms. The van der Waals surface area contributed by atoms with E-state index in [1.807, 2.05) is 35.1 Å². The summed E-state index contributed by atoms with van der Waals surface area (Å²) in [7, 11) is -1.21. The summed E-state index contributed by atoms with van der Waals surface area (Å²) >= 11 is 0. The summed E-state index contributed by atoms with van der Waals surface area (Å²) in [4.78, 5) is 31.8. The van der Waals surface area contributed by atoms with Gasteiger partial charge in [0.1, 0.15) is 11.8 Å². The lowest BCUT2D eigenvalue weighted by Crippen LogP contribution is -2.54. The first-order chi connectivity index (χ1) is 19.2. The maximum absolute atomic E-state index is 13.6. The number of carbonyl (C=O) groups excluding carboxylic acids is 2. The van der Waals surface area contributed by atoms with Gasteiger partial charge in [-0.2, -0.15) is 8.42 Å². The van der Waals surface area contributed by atoms with Crippen LogP contribution in [0.3, 0.4) is 0 Å². The fourth-order valence-electron chi connectivity index (χ4n) is 4.03. The second kappa shape index (κ2) is 12.3. The minimum absolute atomic E-state index is 0.216. The van der Waals surface area contributed by atoms with E-state index in [4.69, 9.17) is 9.15 Å². The average Bonchev–Trinajstić information content (AvgIpc) is 3.50. The molecule has 11 nitrogen and oxygen atoms in total. The molecule has 208 valence electrons. The minimum atomic E-state index is -4.33. The number of hydrogen-bond acceptors (Lipinski definition) is 7. The van der Waals surface area contributed by atoms with Gasteiger partial charge in [-0.3, -0.25) is 9.52 Å². The smallest absolute Gasteiger partial charge is 0.330 e.